The van der Waals surface area contributed by atoms with Gasteiger partial charge in [0.2, 0.25) is 29.5 Å². The highest BCUT2D eigenvalue weighted by atomic mass is 32.1. The minimum Gasteiger partial charge on any atom is -0.481 e. The molecule has 0 heterocycles. The number of carboxylic acids is 3. The fourth-order valence-electron chi connectivity index (χ4n) is 3.47. The highest BCUT2D eigenvalue weighted by Gasteiger charge is 2.32. The minimum absolute atomic E-state index is 0.205. The zero-order chi connectivity index (χ0) is 32.4. The second-order valence-corrected chi connectivity index (χ2v) is 9.74. The Morgan fingerprint density at radius 3 is 1.24 bits per heavy atom. The number of carbonyl (C=O) groups is 8. The van der Waals surface area contributed by atoms with Crippen LogP contribution < -0.4 is 32.7 Å². The van der Waals surface area contributed by atoms with Crippen LogP contribution in [0.3, 0.4) is 0 Å². The lowest BCUT2D eigenvalue weighted by molar-refractivity contribution is -0.140. The number of aliphatic carboxylic acids is 3. The van der Waals surface area contributed by atoms with E-state index in [-0.39, 0.29) is 12.2 Å². The number of rotatable bonds is 22. The molecule has 5 amide bonds. The Bertz CT molecular complexity index is 996. The van der Waals surface area contributed by atoms with Crippen LogP contribution in [0.4, 0.5) is 0 Å². The Morgan fingerprint density at radius 1 is 0.619 bits per heavy atom. The normalized spacial score (nSPS) is 14.3. The average Bonchev–Trinajstić information content (AvgIpc) is 2.91. The predicted molar refractivity (Wildman–Crippen MR) is 149 cm³/mol. The molecule has 0 aromatic carbocycles. The number of primary amides is 1. The number of nitrogens with two attached hydrogens (primary N) is 2. The summed E-state index contributed by atoms with van der Waals surface area (Å²) in [5, 5.41) is 36.3. The van der Waals surface area contributed by atoms with Gasteiger partial charge in [0.1, 0.15) is 24.2 Å². The SMILES string of the molecule is CCCC[C@H](N)C(=O)N[C@@H](CCC(=O)O)C(=O)N[C@@H](CCC(=O)O)C(=O)N[C@@H](CCC(=O)O)C(=O)N[C@@H](CS)C(N)=O. The number of carboxylic acid groups (broad SMARTS) is 3. The summed E-state index contributed by atoms with van der Waals surface area (Å²) in [5.41, 5.74) is 11.0. The van der Waals surface area contributed by atoms with Gasteiger partial charge in [-0.2, -0.15) is 12.6 Å². The lowest BCUT2D eigenvalue weighted by Crippen LogP contribution is -2.59. The molecule has 0 saturated heterocycles. The van der Waals surface area contributed by atoms with Crippen molar-refractivity contribution in [2.75, 3.05) is 5.75 Å². The molecule has 238 valence electrons. The molecule has 0 rings (SSSR count). The van der Waals surface area contributed by atoms with Crippen molar-refractivity contribution >= 4 is 60.1 Å². The highest BCUT2D eigenvalue weighted by Crippen LogP contribution is 2.07. The molecule has 0 aliphatic carbocycles. The molecule has 0 aromatic heterocycles. The molecule has 5 atom stereocenters. The van der Waals surface area contributed by atoms with Crippen LogP contribution >= 0.6 is 12.6 Å². The zero-order valence-corrected chi connectivity index (χ0v) is 24.1. The van der Waals surface area contributed by atoms with E-state index in [4.69, 9.17) is 26.8 Å². The summed E-state index contributed by atoms with van der Waals surface area (Å²) in [6, 6.07) is -6.86. The van der Waals surface area contributed by atoms with Gasteiger partial charge in [0.15, 0.2) is 0 Å². The molecule has 0 radical (unpaired) electrons. The van der Waals surface area contributed by atoms with Crippen molar-refractivity contribution in [2.24, 2.45) is 11.5 Å². The van der Waals surface area contributed by atoms with Crippen molar-refractivity contribution in [2.45, 2.75) is 94.9 Å². The van der Waals surface area contributed by atoms with Gasteiger partial charge in [0.25, 0.3) is 0 Å². The fourth-order valence-corrected chi connectivity index (χ4v) is 3.74. The standard InChI is InChI=1S/C24H40N6O11S/c1-2-3-4-12(25)21(38)27-13(5-8-17(31)32)22(39)28-14(6-9-18(33)34)23(40)29-15(7-10-19(35)36)24(41)30-16(11-42)20(26)37/h12-16,42H,2-11,25H2,1H3,(H2,26,37)(H,27,38)(H,28,39)(H,29,40)(H,30,41)(H,31,32)(H,33,34)(H,35,36)/t12-,13-,14-,15-,16-/m0/s1. The van der Waals surface area contributed by atoms with Crippen LogP contribution in [0.5, 0.6) is 0 Å². The molecule has 0 fully saturated rings. The van der Waals surface area contributed by atoms with Crippen LogP contribution in [0.15, 0.2) is 0 Å². The molecule has 0 aliphatic heterocycles. The number of nitrogens with one attached hydrogen (secondary N) is 4. The Kier molecular flexibility index (Phi) is 18.2. The number of thiol groups is 1. The maximum Gasteiger partial charge on any atom is 0.303 e. The van der Waals surface area contributed by atoms with E-state index in [1.807, 2.05) is 6.92 Å². The number of amides is 5. The molecule has 11 N–H and O–H groups in total. The van der Waals surface area contributed by atoms with Gasteiger partial charge >= 0.3 is 17.9 Å². The van der Waals surface area contributed by atoms with Gasteiger partial charge in [-0.15, -0.1) is 0 Å². The quantitative estimate of drug-likeness (QED) is 0.0560. The van der Waals surface area contributed by atoms with E-state index in [1.165, 1.54) is 0 Å². The number of hydrogen-bond donors (Lipinski definition) is 10. The summed E-state index contributed by atoms with van der Waals surface area (Å²) in [4.78, 5) is 96.3. The monoisotopic (exact) mass is 620 g/mol. The van der Waals surface area contributed by atoms with Crippen LogP contribution in [-0.2, 0) is 38.4 Å². The Balaban J connectivity index is 5.95. The van der Waals surface area contributed by atoms with Gasteiger partial charge in [-0.1, -0.05) is 19.8 Å². The first-order chi connectivity index (χ1) is 19.6. The number of hydrogen-bond acceptors (Lipinski definition) is 10. The van der Waals surface area contributed by atoms with Crippen LogP contribution in [0.1, 0.15) is 64.7 Å². The molecule has 17 nitrogen and oxygen atoms in total. The van der Waals surface area contributed by atoms with Crippen molar-refractivity contribution < 1.29 is 53.7 Å². The molecule has 0 aliphatic rings. The van der Waals surface area contributed by atoms with Crippen molar-refractivity contribution in [3.05, 3.63) is 0 Å². The second-order valence-electron chi connectivity index (χ2n) is 9.38. The molecule has 0 spiro atoms. The lowest BCUT2D eigenvalue weighted by atomic mass is 10.0. The molecule has 0 saturated carbocycles. The van der Waals surface area contributed by atoms with Crippen LogP contribution in [-0.4, -0.2) is 98.7 Å². The average molecular weight is 621 g/mol. The van der Waals surface area contributed by atoms with Gasteiger partial charge in [0.05, 0.1) is 6.04 Å². The largest absolute Gasteiger partial charge is 0.481 e. The van der Waals surface area contributed by atoms with E-state index < -0.39 is 110 Å². The third-order valence-electron chi connectivity index (χ3n) is 5.89. The zero-order valence-electron chi connectivity index (χ0n) is 23.2. The maximum absolute atomic E-state index is 13.1. The first kappa shape index (κ1) is 38.1. The first-order valence-corrected chi connectivity index (χ1v) is 13.8. The molecular weight excluding hydrogens is 580 g/mol. The van der Waals surface area contributed by atoms with Crippen molar-refractivity contribution in [3.63, 3.8) is 0 Å². The maximum atomic E-state index is 13.1. The smallest absolute Gasteiger partial charge is 0.303 e. The first-order valence-electron chi connectivity index (χ1n) is 13.1. The topological polar surface area (TPSA) is 297 Å². The molecule has 0 bridgehead atoms. The van der Waals surface area contributed by atoms with E-state index >= 15 is 0 Å². The summed E-state index contributed by atoms with van der Waals surface area (Å²) < 4.78 is 0. The fraction of sp³-hybridized carbons (Fsp3) is 0.667. The third kappa shape index (κ3) is 15.8. The van der Waals surface area contributed by atoms with Crippen molar-refractivity contribution in [1.82, 2.24) is 21.3 Å². The van der Waals surface area contributed by atoms with Crippen molar-refractivity contribution in [1.29, 1.82) is 0 Å². The Morgan fingerprint density at radius 2 is 0.952 bits per heavy atom. The summed E-state index contributed by atoms with van der Waals surface area (Å²) in [6.07, 6.45) is -1.43. The Labute approximate surface area is 247 Å². The minimum atomic E-state index is -1.61. The third-order valence-corrected chi connectivity index (χ3v) is 6.25. The van der Waals surface area contributed by atoms with E-state index in [9.17, 15) is 38.4 Å². The molecule has 18 heteroatoms. The van der Waals surface area contributed by atoms with Gasteiger partial charge in [-0.25, -0.2) is 0 Å². The number of carbonyl (C=O) groups excluding carboxylic acids is 5. The van der Waals surface area contributed by atoms with E-state index in [2.05, 4.69) is 33.9 Å². The van der Waals surface area contributed by atoms with Crippen molar-refractivity contribution in [3.8, 4) is 0 Å². The van der Waals surface area contributed by atoms with E-state index in [0.717, 1.165) is 6.42 Å². The summed E-state index contributed by atoms with van der Waals surface area (Å²) in [5.74, 6) is -8.91. The second kappa shape index (κ2) is 20.0. The summed E-state index contributed by atoms with van der Waals surface area (Å²) in [7, 11) is 0. The molecule has 42 heavy (non-hydrogen) atoms. The molecule has 0 unspecified atom stereocenters. The number of unbranched alkanes of at least 4 members (excludes halogenated alkanes) is 1. The van der Waals surface area contributed by atoms with Crippen LogP contribution in [0.25, 0.3) is 0 Å². The van der Waals surface area contributed by atoms with Gasteiger partial charge in [0, 0.05) is 25.0 Å². The van der Waals surface area contributed by atoms with Crippen LogP contribution in [0, 0.1) is 0 Å². The van der Waals surface area contributed by atoms with Gasteiger partial charge in [-0.3, -0.25) is 38.4 Å². The summed E-state index contributed by atoms with van der Waals surface area (Å²) >= 11 is 3.90. The van der Waals surface area contributed by atoms with E-state index in [0.29, 0.717) is 12.8 Å². The predicted octanol–water partition coefficient (Wildman–Crippen LogP) is -2.55. The molecular formula is C24H40N6O11S. The van der Waals surface area contributed by atoms with Crippen LogP contribution in [0.2, 0.25) is 0 Å². The van der Waals surface area contributed by atoms with E-state index in [1.54, 1.807) is 0 Å². The van der Waals surface area contributed by atoms with Gasteiger partial charge in [-0.05, 0) is 25.7 Å². The lowest BCUT2D eigenvalue weighted by Gasteiger charge is -2.26. The Hall–Kier alpha value is -3.93. The summed E-state index contributed by atoms with van der Waals surface area (Å²) in [6.45, 7) is 1.88. The highest BCUT2D eigenvalue weighted by molar-refractivity contribution is 7.80. The molecule has 0 aromatic rings. The van der Waals surface area contributed by atoms with Gasteiger partial charge < -0.3 is 48.1 Å².